The largest absolute Gasteiger partial charge is 0.534 e. The van der Waals surface area contributed by atoms with Gasteiger partial charge in [-0.05, 0) is 56.2 Å². The quantitative estimate of drug-likeness (QED) is 0.515. The van der Waals surface area contributed by atoms with Crippen LogP contribution in [0.15, 0.2) is 12.1 Å². The first-order valence-corrected chi connectivity index (χ1v) is 12.7. The van der Waals surface area contributed by atoms with Gasteiger partial charge < -0.3 is 14.0 Å². The summed E-state index contributed by atoms with van der Waals surface area (Å²) in [6, 6.07) is 2.47. The van der Waals surface area contributed by atoms with Crippen LogP contribution in [-0.4, -0.2) is 60.6 Å². The van der Waals surface area contributed by atoms with E-state index in [1.165, 1.54) is 6.42 Å². The minimum Gasteiger partial charge on any atom is -0.477 e. The molecule has 0 amide bonds. The predicted octanol–water partition coefficient (Wildman–Crippen LogP) is 2.44. The van der Waals surface area contributed by atoms with E-state index < -0.39 is 38.5 Å². The van der Waals surface area contributed by atoms with E-state index in [0.29, 0.717) is 30.9 Å². The fraction of sp³-hybridized carbons (Fsp3) is 0.682. The summed E-state index contributed by atoms with van der Waals surface area (Å²) in [5.41, 5.74) is -6.82. The summed E-state index contributed by atoms with van der Waals surface area (Å²) in [5, 5.41) is 12.1. The highest BCUT2D eigenvalue weighted by Gasteiger charge is 2.73. The normalized spacial score (nSPS) is 35.6. The lowest BCUT2D eigenvalue weighted by Gasteiger charge is -2.63. The zero-order chi connectivity index (χ0) is 23.4. The number of piperidine rings is 1. The van der Waals surface area contributed by atoms with Crippen LogP contribution in [0.4, 0.5) is 13.2 Å². The number of rotatable bonds is 4. The second-order valence-corrected chi connectivity index (χ2v) is 11.6. The molecule has 1 saturated heterocycles. The fourth-order valence-electron chi connectivity index (χ4n) is 6.86. The van der Waals surface area contributed by atoms with Gasteiger partial charge in [-0.15, -0.1) is 0 Å². The van der Waals surface area contributed by atoms with Crippen molar-refractivity contribution in [2.75, 3.05) is 13.1 Å². The molecule has 7 nitrogen and oxygen atoms in total. The molecule has 11 heteroatoms. The van der Waals surface area contributed by atoms with Crippen molar-refractivity contribution in [3.8, 4) is 11.5 Å². The average Bonchev–Trinajstić information content (AvgIpc) is 3.05. The summed E-state index contributed by atoms with van der Waals surface area (Å²) < 4.78 is 72.7. The van der Waals surface area contributed by atoms with Crippen LogP contribution >= 0.6 is 0 Å². The molecule has 2 aliphatic heterocycles. The highest BCUT2D eigenvalue weighted by atomic mass is 32.2. The van der Waals surface area contributed by atoms with Gasteiger partial charge in [-0.2, -0.15) is 21.6 Å². The molecule has 4 atom stereocenters. The smallest absolute Gasteiger partial charge is 0.477 e. The third kappa shape index (κ3) is 2.70. The number of ketones is 1. The minimum absolute atomic E-state index is 0.0943. The van der Waals surface area contributed by atoms with E-state index >= 15 is 0 Å². The molecule has 2 heterocycles. The Morgan fingerprint density at radius 2 is 2.00 bits per heavy atom. The molecule has 33 heavy (non-hydrogen) atoms. The van der Waals surface area contributed by atoms with E-state index in [0.717, 1.165) is 31.0 Å². The third-order valence-corrected chi connectivity index (χ3v) is 9.52. The maximum Gasteiger partial charge on any atom is 0.534 e. The molecule has 0 radical (unpaired) electrons. The Morgan fingerprint density at radius 3 is 2.67 bits per heavy atom. The number of aliphatic hydroxyl groups is 1. The van der Waals surface area contributed by atoms with Gasteiger partial charge in [0.05, 0.1) is 11.0 Å². The number of halogens is 3. The Kier molecular flexibility index (Phi) is 4.35. The number of ether oxygens (including phenoxy) is 1. The van der Waals surface area contributed by atoms with E-state index in [2.05, 4.69) is 9.08 Å². The van der Waals surface area contributed by atoms with E-state index in [1.807, 2.05) is 0 Å². The summed E-state index contributed by atoms with van der Waals surface area (Å²) in [5.74, 6) is -0.409. The number of carbonyl (C=O) groups excluding carboxylic acids is 1. The van der Waals surface area contributed by atoms with Crippen LogP contribution in [0.1, 0.15) is 49.7 Å². The molecule has 3 fully saturated rings. The number of Topliss-reactive ketones (excluding diaryl/α,β-unsaturated/α-hetero) is 1. The number of alkyl halides is 3. The number of benzene rings is 1. The maximum absolute atomic E-state index is 13.0. The molecule has 1 unspecified atom stereocenters. The van der Waals surface area contributed by atoms with Gasteiger partial charge in [-0.1, -0.05) is 12.5 Å². The SMILES string of the molecule is O=C1CC[C@@]2(O)[C@H]3Cc4ccc(OS(=O)(=O)C(F)(F)F)c5c4[C@@]2(CCN3CC2CCC2)C1O5. The Labute approximate surface area is 189 Å². The molecule has 1 N–H and O–H groups in total. The summed E-state index contributed by atoms with van der Waals surface area (Å²) in [6.45, 7) is 1.50. The number of nitrogens with zero attached hydrogens (tertiary/aromatic N) is 1. The predicted molar refractivity (Wildman–Crippen MR) is 108 cm³/mol. The first-order chi connectivity index (χ1) is 15.5. The van der Waals surface area contributed by atoms with Crippen LogP contribution < -0.4 is 8.92 Å². The van der Waals surface area contributed by atoms with Crippen LogP contribution in [0.2, 0.25) is 0 Å². The van der Waals surface area contributed by atoms with E-state index in [4.69, 9.17) is 4.74 Å². The van der Waals surface area contributed by atoms with Crippen LogP contribution in [0, 0.1) is 5.92 Å². The van der Waals surface area contributed by atoms with Crippen molar-refractivity contribution in [2.45, 2.75) is 73.6 Å². The van der Waals surface area contributed by atoms with E-state index in [1.54, 1.807) is 6.07 Å². The molecule has 180 valence electrons. The van der Waals surface area contributed by atoms with Gasteiger partial charge in [0.2, 0.25) is 0 Å². The molecule has 5 aliphatic rings. The second kappa shape index (κ2) is 6.63. The lowest BCUT2D eigenvalue weighted by atomic mass is 9.49. The Bertz CT molecular complexity index is 1150. The van der Waals surface area contributed by atoms with Gasteiger partial charge in [-0.25, -0.2) is 0 Å². The Hall–Kier alpha value is -1.85. The van der Waals surface area contributed by atoms with E-state index in [9.17, 15) is 31.5 Å². The van der Waals surface area contributed by atoms with Crippen molar-refractivity contribution in [3.05, 3.63) is 23.3 Å². The van der Waals surface area contributed by atoms with Crippen molar-refractivity contribution in [3.63, 3.8) is 0 Å². The third-order valence-electron chi connectivity index (χ3n) is 8.55. The van der Waals surface area contributed by atoms with Crippen molar-refractivity contribution in [1.82, 2.24) is 4.90 Å². The second-order valence-electron chi connectivity index (χ2n) is 10.0. The first kappa shape index (κ1) is 21.7. The van der Waals surface area contributed by atoms with Crippen molar-refractivity contribution in [1.29, 1.82) is 0 Å². The standard InChI is InChI=1S/C22H24F3NO6S/c23-22(24,25)33(29,30)32-15-5-4-13-10-16-21(28)7-6-14(27)19-20(21,17(13)18(15)31-19)8-9-26(16)11-12-2-1-3-12/h4-5,12,16,19,28H,1-3,6-11H2/t16-,19?,20+,21-/m1/s1. The minimum atomic E-state index is -5.92. The highest BCUT2D eigenvalue weighted by Crippen LogP contribution is 2.65. The van der Waals surface area contributed by atoms with Crippen LogP contribution in [0.3, 0.4) is 0 Å². The molecule has 2 saturated carbocycles. The highest BCUT2D eigenvalue weighted by molar-refractivity contribution is 7.88. The Morgan fingerprint density at radius 1 is 1.24 bits per heavy atom. The molecule has 2 bridgehead atoms. The van der Waals surface area contributed by atoms with Gasteiger partial charge in [0.25, 0.3) is 0 Å². The monoisotopic (exact) mass is 487 g/mol. The van der Waals surface area contributed by atoms with Crippen molar-refractivity contribution in [2.24, 2.45) is 5.92 Å². The number of carbonyl (C=O) groups is 1. The molecular weight excluding hydrogens is 463 g/mol. The number of hydrogen-bond acceptors (Lipinski definition) is 7. The molecule has 0 aromatic heterocycles. The summed E-state index contributed by atoms with van der Waals surface area (Å²) in [4.78, 5) is 15.3. The topological polar surface area (TPSA) is 93.1 Å². The number of likely N-dealkylation sites (tertiary alicyclic amines) is 1. The van der Waals surface area contributed by atoms with Gasteiger partial charge in [0.1, 0.15) is 0 Å². The Balaban J connectivity index is 1.48. The number of hydrogen-bond donors (Lipinski definition) is 1. The summed E-state index contributed by atoms with van der Waals surface area (Å²) >= 11 is 0. The van der Waals surface area contributed by atoms with Gasteiger partial charge >= 0.3 is 15.6 Å². The molecule has 3 aliphatic carbocycles. The lowest BCUT2D eigenvalue weighted by molar-refractivity contribution is -0.190. The maximum atomic E-state index is 13.0. The molecular formula is C22H24F3NO6S. The van der Waals surface area contributed by atoms with Gasteiger partial charge in [-0.3, -0.25) is 9.69 Å². The van der Waals surface area contributed by atoms with Crippen LogP contribution in [-0.2, 0) is 26.7 Å². The molecule has 6 rings (SSSR count). The molecule has 1 spiro atoms. The summed E-state index contributed by atoms with van der Waals surface area (Å²) in [6.07, 6.45) is 3.63. The zero-order valence-corrected chi connectivity index (χ0v) is 18.5. The summed E-state index contributed by atoms with van der Waals surface area (Å²) in [7, 11) is -5.92. The molecule has 1 aromatic rings. The fourth-order valence-corrected chi connectivity index (χ4v) is 7.32. The van der Waals surface area contributed by atoms with Gasteiger partial charge in [0.15, 0.2) is 23.4 Å². The zero-order valence-electron chi connectivity index (χ0n) is 17.7. The van der Waals surface area contributed by atoms with Crippen molar-refractivity contribution < 1.29 is 40.4 Å². The van der Waals surface area contributed by atoms with Crippen LogP contribution in [0.25, 0.3) is 0 Å². The van der Waals surface area contributed by atoms with Crippen LogP contribution in [0.5, 0.6) is 11.5 Å². The van der Waals surface area contributed by atoms with Gasteiger partial charge in [0, 0.05) is 24.6 Å². The van der Waals surface area contributed by atoms with E-state index in [-0.39, 0.29) is 30.4 Å². The molecule has 1 aromatic carbocycles. The lowest BCUT2D eigenvalue weighted by Crippen LogP contribution is -2.76. The average molecular weight is 487 g/mol. The first-order valence-electron chi connectivity index (χ1n) is 11.3. The van der Waals surface area contributed by atoms with Crippen molar-refractivity contribution >= 4 is 15.9 Å².